The lowest BCUT2D eigenvalue weighted by atomic mass is 9.85. The summed E-state index contributed by atoms with van der Waals surface area (Å²) in [5, 5.41) is 138. The van der Waals surface area contributed by atoms with E-state index in [9.17, 15) is 99.4 Å². The number of carbonyl (C=O) groups is 8. The second-order valence-corrected chi connectivity index (χ2v) is 39.4. The van der Waals surface area contributed by atoms with Gasteiger partial charge in [0.15, 0.2) is 0 Å². The predicted molar refractivity (Wildman–Crippen MR) is 552 cm³/mol. The van der Waals surface area contributed by atoms with Crippen LogP contribution in [-0.2, 0) is 57.3 Å². The lowest BCUT2D eigenvalue weighted by molar-refractivity contribution is -0.386. The van der Waals surface area contributed by atoms with Crippen LogP contribution in [0.3, 0.4) is 0 Å². The molecule has 8 saturated carbocycles. The minimum Gasteiger partial charge on any atom is -0.481 e. The van der Waals surface area contributed by atoms with E-state index in [1.807, 2.05) is 130 Å². The van der Waals surface area contributed by atoms with Crippen LogP contribution in [-0.4, -0.2) is 204 Å². The van der Waals surface area contributed by atoms with E-state index in [-0.39, 0.29) is 156 Å². The number of pyridine rings is 2. The molecular formula is C116H144N4O28. The van der Waals surface area contributed by atoms with Gasteiger partial charge in [0.1, 0.15) is 0 Å². The Bertz CT molecular complexity index is 5640. The number of nitrogens with zero attached hydrogens (tertiary/aromatic N) is 4. The van der Waals surface area contributed by atoms with E-state index in [0.29, 0.717) is 102 Å². The molecule has 796 valence electrons. The quantitative estimate of drug-likeness (QED) is 0.00654. The van der Waals surface area contributed by atoms with Crippen molar-refractivity contribution in [2.75, 3.05) is 26.4 Å². The summed E-state index contributed by atoms with van der Waals surface area (Å²) in [6, 6.07) is 55.2. The van der Waals surface area contributed by atoms with Crippen molar-refractivity contribution < 1.29 is 128 Å². The first-order valence-corrected chi connectivity index (χ1v) is 51.4. The highest BCUT2D eigenvalue weighted by Gasteiger charge is 2.46. The van der Waals surface area contributed by atoms with Crippen LogP contribution in [0, 0.1) is 106 Å². The van der Waals surface area contributed by atoms with E-state index in [4.69, 9.17) is 52.2 Å². The molecule has 16 rings (SSSR count). The van der Waals surface area contributed by atoms with Gasteiger partial charge in [0.2, 0.25) is 0 Å². The summed E-state index contributed by atoms with van der Waals surface area (Å²) in [6.07, 6.45) is 23.2. The summed E-state index contributed by atoms with van der Waals surface area (Å²) in [4.78, 5) is 119. The number of hydrogen-bond acceptors (Lipinski definition) is 26. The summed E-state index contributed by atoms with van der Waals surface area (Å²) >= 11 is 0. The van der Waals surface area contributed by atoms with Gasteiger partial charge in [-0.2, -0.15) is 0 Å². The van der Waals surface area contributed by atoms with Crippen LogP contribution in [0.5, 0.6) is 0 Å². The number of esters is 4. The van der Waals surface area contributed by atoms with Crippen molar-refractivity contribution in [2.24, 2.45) is 47.3 Å². The molecule has 8 aliphatic rings. The van der Waals surface area contributed by atoms with Gasteiger partial charge >= 0.3 is 47.8 Å². The number of aromatic nitrogens is 2. The van der Waals surface area contributed by atoms with Crippen molar-refractivity contribution in [2.45, 2.75) is 292 Å². The van der Waals surface area contributed by atoms with Gasteiger partial charge in [-0.05, 0) is 262 Å². The van der Waals surface area contributed by atoms with Crippen molar-refractivity contribution in [3.8, 4) is 24.7 Å². The third-order valence-corrected chi connectivity index (χ3v) is 29.6. The van der Waals surface area contributed by atoms with E-state index in [2.05, 4.69) is 46.1 Å². The zero-order valence-corrected chi connectivity index (χ0v) is 85.0. The lowest BCUT2D eigenvalue weighted by Crippen LogP contribution is -2.21. The van der Waals surface area contributed by atoms with Crippen molar-refractivity contribution in [3.05, 3.63) is 282 Å². The number of nitro groups is 2. The van der Waals surface area contributed by atoms with Crippen molar-refractivity contribution >= 4 is 59.1 Å². The number of carboxylic acids is 4. The van der Waals surface area contributed by atoms with Gasteiger partial charge < -0.3 is 80.2 Å². The van der Waals surface area contributed by atoms with Crippen molar-refractivity contribution in [3.63, 3.8) is 0 Å². The smallest absolute Gasteiger partial charge is 0.306 e. The molecule has 0 saturated heterocycles. The SMILES string of the molecule is C#Cc1ccc(C2C(O)CCC2CC(=O)O)cc1.C#Cc1ccc(C2C(O)CCC2CC(=O)OCC)cc1.CCOC(=O)CC1CCC(O)C1c1ccc(C)cc1.CCOC(=O)CC1CCC(O)C1c1ccccc1[N+](=O)[O-].CCOC(=O)CC1CCC(O)C1c1ccccn1.Cc1ccc(C2C(O)CCC2CC(=O)O)cc1.O=C(O)CC1CCC(O)C1c1ccccc1[N+](=O)[O-].O=C(O)CC1CCC(O)C1c1ccccn1. The number of aliphatic carboxylic acids is 4. The Balaban J connectivity index is 0.000000188. The zero-order valence-electron chi connectivity index (χ0n) is 85.0. The predicted octanol–water partition coefficient (Wildman–Crippen LogP) is 17.2. The number of nitro benzene ring substituents is 2. The first kappa shape index (κ1) is 119. The summed E-state index contributed by atoms with van der Waals surface area (Å²) in [5.74, 6) is 0.00748. The first-order valence-electron chi connectivity index (χ1n) is 51.4. The Morgan fingerprint density at radius 1 is 0.297 bits per heavy atom. The largest absolute Gasteiger partial charge is 0.481 e. The number of ether oxygens (including phenoxy) is 4. The van der Waals surface area contributed by atoms with Crippen LogP contribution >= 0.6 is 0 Å². The molecule has 8 fully saturated rings. The topological polar surface area (TPSA) is 528 Å². The maximum Gasteiger partial charge on any atom is 0.306 e. The Morgan fingerprint density at radius 2 is 0.507 bits per heavy atom. The van der Waals surface area contributed by atoms with Gasteiger partial charge in [-0.1, -0.05) is 144 Å². The number of terminal acetylenes is 2. The number of carboxylic acid groups (broad SMARTS) is 4. The van der Waals surface area contributed by atoms with Crippen LogP contribution in [0.1, 0.15) is 296 Å². The number of rotatable bonds is 30. The van der Waals surface area contributed by atoms with Gasteiger partial charge in [-0.3, -0.25) is 68.6 Å². The van der Waals surface area contributed by atoms with Gasteiger partial charge in [0.25, 0.3) is 11.4 Å². The maximum absolute atomic E-state index is 11.7. The van der Waals surface area contributed by atoms with E-state index in [1.165, 1.54) is 23.3 Å². The Kier molecular flexibility index (Phi) is 47.9. The molecule has 2 heterocycles. The number of carbonyl (C=O) groups excluding carboxylic acids is 4. The molecular weight excluding hydrogens is 1900 g/mol. The highest BCUT2D eigenvalue weighted by atomic mass is 16.6. The Hall–Kier alpha value is -13.0. The van der Waals surface area contributed by atoms with Gasteiger partial charge in [0.05, 0.1) is 85.1 Å². The van der Waals surface area contributed by atoms with E-state index >= 15 is 0 Å². The second-order valence-electron chi connectivity index (χ2n) is 39.4. The molecule has 0 amide bonds. The molecule has 0 aliphatic heterocycles. The van der Waals surface area contributed by atoms with Gasteiger partial charge in [-0.25, -0.2) is 0 Å². The zero-order chi connectivity index (χ0) is 108. The Morgan fingerprint density at radius 3 is 0.743 bits per heavy atom. The summed E-state index contributed by atoms with van der Waals surface area (Å²) in [6.45, 7) is 12.8. The first-order chi connectivity index (χ1) is 70.9. The molecule has 0 radical (unpaired) electrons. The average molecular weight is 2040 g/mol. The molecule has 24 atom stereocenters. The number of hydrogen-bond donors (Lipinski definition) is 12. The number of aliphatic hydroxyl groups is 8. The molecule has 32 heteroatoms. The third kappa shape index (κ3) is 35.1. The highest BCUT2D eigenvalue weighted by molar-refractivity contribution is 5.72. The molecule has 12 N–H and O–H groups in total. The fraction of sp³-hybridized carbons (Fsp3) is 0.500. The van der Waals surface area contributed by atoms with Crippen molar-refractivity contribution in [1.82, 2.24) is 9.97 Å². The van der Waals surface area contributed by atoms with Gasteiger partial charge in [-0.15, -0.1) is 12.8 Å². The summed E-state index contributed by atoms with van der Waals surface area (Å²) in [5.41, 5.74) is 10.8. The van der Waals surface area contributed by atoms with E-state index in [1.54, 1.807) is 69.6 Å². The monoisotopic (exact) mass is 2040 g/mol. The molecule has 24 unspecified atom stereocenters. The molecule has 32 nitrogen and oxygen atoms in total. The molecule has 148 heavy (non-hydrogen) atoms. The summed E-state index contributed by atoms with van der Waals surface area (Å²) in [7, 11) is 0. The van der Waals surface area contributed by atoms with Crippen LogP contribution in [0.2, 0.25) is 0 Å². The highest BCUT2D eigenvalue weighted by Crippen LogP contribution is 2.51. The van der Waals surface area contributed by atoms with E-state index < -0.39 is 88.3 Å². The fourth-order valence-corrected chi connectivity index (χ4v) is 22.9. The normalized spacial score (nSPS) is 26.6. The fourth-order valence-electron chi connectivity index (χ4n) is 22.9. The number of benzene rings is 6. The molecule has 8 aliphatic carbocycles. The van der Waals surface area contributed by atoms with Crippen LogP contribution < -0.4 is 0 Å². The molecule has 2 aromatic heterocycles. The standard InChI is InChI=1S/C17H20O3.C16H22O3.C15H19NO5.C15H16O3.C14H19NO3.C14H18O3.C13H15NO5.C12H15NO3/c1-3-12-5-7-13(8-6-12)17-14(9-10-15(17)18)11-16(19)20-4-2;1-3-19-15(18)10-13-8-9-14(17)16(13)12-6-4-11(2)5-7-12;1-2-21-14(18)9-10-7-8-13(17)15(10)11-5-3-4-6-12(11)16(19)20;1-2-10-3-5-11(6-4-10)15-12(9-14(17)18)7-8-13(15)16;1-2-18-13(17)9-10-6-7-12(16)14(10)11-5-3-4-8-15-11;1-9-2-4-10(5-3-9)14-11(8-13(16)17)6-7-12(14)15;15-11-6-5-8(7-12(16)17)13(11)9-3-1-2-4-10(9)14(18)19;14-10-5-4-8(7-11(15)16)12(10)9-3-1-2-6-13-9/h1,5-8,14-15,17-18H,4,9-11H2,2H3;4-7,13-14,16-17H,3,8-10H2,1-2H3;3-6,10,13,15,17H,2,7-9H2,1H3;1,3-6,12-13,15-16H,7-9H2,(H,17,18);3-5,8,10,12,14,16H,2,6-7,9H2,1H3;2-5,11-12,14-15H,6-8H2,1H3,(H,16,17);1-4,8,11,13,15H,5-7H2,(H,16,17);1-3,6,8,10,12,14H,4-5,7H2,(H,15,16). The van der Waals surface area contributed by atoms with Crippen LogP contribution in [0.15, 0.2) is 194 Å². The lowest BCUT2D eigenvalue weighted by Gasteiger charge is -2.22. The molecule has 0 spiro atoms. The van der Waals surface area contributed by atoms with Crippen LogP contribution in [0.25, 0.3) is 0 Å². The average Bonchev–Trinajstić information content (AvgIpc) is 1.62. The number of aliphatic hydroxyl groups excluding tert-OH is 8. The number of aryl methyl sites for hydroxylation is 2. The summed E-state index contributed by atoms with van der Waals surface area (Å²) < 4.78 is 20.0. The molecule has 8 aromatic rings. The van der Waals surface area contributed by atoms with Crippen molar-refractivity contribution in [1.29, 1.82) is 0 Å². The van der Waals surface area contributed by atoms with E-state index in [0.717, 1.165) is 103 Å². The maximum atomic E-state index is 11.7. The number of para-hydroxylation sites is 2. The minimum atomic E-state index is -0.942. The molecule has 6 aromatic carbocycles. The van der Waals surface area contributed by atoms with Gasteiger partial charge in [0, 0.05) is 157 Å². The Labute approximate surface area is 864 Å². The third-order valence-electron chi connectivity index (χ3n) is 29.6. The van der Waals surface area contributed by atoms with Crippen LogP contribution in [0.4, 0.5) is 11.4 Å². The molecule has 0 bridgehead atoms. The second kappa shape index (κ2) is 59.8. The minimum absolute atomic E-state index is 0.00222.